The first kappa shape index (κ1) is 23.9. The van der Waals surface area contributed by atoms with Gasteiger partial charge in [-0.05, 0) is 24.3 Å². The number of nitrogens with one attached hydrogen (secondary N) is 2. The number of sulfonamides is 1. The highest BCUT2D eigenvalue weighted by molar-refractivity contribution is 7.93. The maximum Gasteiger partial charge on any atom is 0.270 e. The average Bonchev–Trinajstić information content (AvgIpc) is 2.80. The van der Waals surface area contributed by atoms with E-state index in [2.05, 4.69) is 15.2 Å². The molecule has 3 rings (SSSR count). The smallest absolute Gasteiger partial charge is 0.270 e. The minimum atomic E-state index is -4.36. The molecular formula is C20H17N5O8S. The number of ether oxygens (including phenoxy) is 1. The number of phenolic OH excluding ortho intramolecular Hbond substituents is 1. The van der Waals surface area contributed by atoms with Crippen molar-refractivity contribution >= 4 is 39.0 Å². The Morgan fingerprint density at radius 3 is 2.29 bits per heavy atom. The number of methoxy groups -OCH3 is 1. The summed E-state index contributed by atoms with van der Waals surface area (Å²) in [5.41, 5.74) is 1.63. The lowest BCUT2D eigenvalue weighted by Gasteiger charge is -2.14. The van der Waals surface area contributed by atoms with Gasteiger partial charge in [0, 0.05) is 29.8 Å². The van der Waals surface area contributed by atoms with E-state index in [0.29, 0.717) is 0 Å². The van der Waals surface area contributed by atoms with Gasteiger partial charge in [0.1, 0.15) is 16.4 Å². The van der Waals surface area contributed by atoms with Crippen LogP contribution in [-0.2, 0) is 10.0 Å². The highest BCUT2D eigenvalue weighted by Gasteiger charge is 2.24. The van der Waals surface area contributed by atoms with E-state index in [1.165, 1.54) is 19.2 Å². The molecule has 0 aliphatic carbocycles. The van der Waals surface area contributed by atoms with Gasteiger partial charge in [-0.1, -0.05) is 12.1 Å². The first-order valence-corrected chi connectivity index (χ1v) is 10.8. The molecule has 0 heterocycles. The van der Waals surface area contributed by atoms with Crippen LogP contribution < -0.4 is 14.9 Å². The fourth-order valence-corrected chi connectivity index (χ4v) is 4.05. The Kier molecular flexibility index (Phi) is 6.92. The first-order chi connectivity index (χ1) is 16.1. The van der Waals surface area contributed by atoms with Gasteiger partial charge in [-0.3, -0.25) is 30.4 Å². The summed E-state index contributed by atoms with van der Waals surface area (Å²) in [6.07, 6.45) is 1.04. The average molecular weight is 487 g/mol. The minimum absolute atomic E-state index is 0.0137. The van der Waals surface area contributed by atoms with Crippen molar-refractivity contribution in [2.75, 3.05) is 17.3 Å². The van der Waals surface area contributed by atoms with Crippen molar-refractivity contribution in [1.29, 1.82) is 0 Å². The van der Waals surface area contributed by atoms with Gasteiger partial charge in [0.15, 0.2) is 0 Å². The zero-order chi connectivity index (χ0) is 24.9. The van der Waals surface area contributed by atoms with E-state index >= 15 is 0 Å². The molecule has 0 aliphatic heterocycles. The van der Waals surface area contributed by atoms with Crippen molar-refractivity contribution in [3.8, 4) is 11.5 Å². The number of non-ortho nitro benzene ring substituents is 2. The van der Waals surface area contributed by atoms with E-state index in [4.69, 9.17) is 4.74 Å². The van der Waals surface area contributed by atoms with Crippen molar-refractivity contribution in [3.63, 3.8) is 0 Å². The lowest BCUT2D eigenvalue weighted by atomic mass is 10.2. The third-order valence-electron chi connectivity index (χ3n) is 4.43. The number of nitrogens with zero attached hydrogens (tertiary/aromatic N) is 3. The lowest BCUT2D eigenvalue weighted by molar-refractivity contribution is -0.385. The minimum Gasteiger partial charge on any atom is -0.507 e. The van der Waals surface area contributed by atoms with Crippen molar-refractivity contribution < 1.29 is 28.1 Å². The molecule has 0 saturated heterocycles. The summed E-state index contributed by atoms with van der Waals surface area (Å²) in [7, 11) is -3.01. The van der Waals surface area contributed by atoms with Crippen LogP contribution in [0.4, 0.5) is 22.7 Å². The van der Waals surface area contributed by atoms with Gasteiger partial charge in [0.05, 0.1) is 34.5 Å². The zero-order valence-corrected chi connectivity index (χ0v) is 18.2. The van der Waals surface area contributed by atoms with E-state index in [1.54, 1.807) is 12.1 Å². The fraction of sp³-hybridized carbons (Fsp3) is 0.0500. The molecule has 0 radical (unpaired) electrons. The number of aromatic hydroxyl groups is 1. The van der Waals surface area contributed by atoms with Crippen LogP contribution in [0.5, 0.6) is 11.5 Å². The number of hydrogen-bond acceptors (Lipinski definition) is 10. The molecule has 0 atom stereocenters. The number of anilines is 2. The molecule has 0 aromatic heterocycles. The second-order valence-electron chi connectivity index (χ2n) is 6.61. The SMILES string of the molecule is COc1ccccc1NS(=O)(=O)c1cc([N+](=O)[O-])ccc1N/N=C/c1cc([N+](=O)[O-])ccc1O. The number of hydrogen-bond donors (Lipinski definition) is 3. The van der Waals surface area contributed by atoms with Gasteiger partial charge in [-0.2, -0.15) is 5.10 Å². The number of benzene rings is 3. The van der Waals surface area contributed by atoms with Crippen LogP contribution in [0, 0.1) is 20.2 Å². The number of nitro benzene ring substituents is 2. The van der Waals surface area contributed by atoms with Crippen LogP contribution in [-0.4, -0.2) is 36.7 Å². The number of para-hydroxylation sites is 2. The van der Waals surface area contributed by atoms with Crippen molar-refractivity contribution in [1.82, 2.24) is 0 Å². The third-order valence-corrected chi connectivity index (χ3v) is 5.83. The maximum atomic E-state index is 13.1. The third kappa shape index (κ3) is 5.36. The highest BCUT2D eigenvalue weighted by atomic mass is 32.2. The Labute approximate surface area is 192 Å². The molecule has 34 heavy (non-hydrogen) atoms. The summed E-state index contributed by atoms with van der Waals surface area (Å²) in [6.45, 7) is 0. The van der Waals surface area contributed by atoms with E-state index in [1.807, 2.05) is 0 Å². The maximum absolute atomic E-state index is 13.1. The Bertz CT molecular complexity index is 1390. The topological polar surface area (TPSA) is 186 Å². The Hall–Kier alpha value is -4.72. The molecule has 0 unspecified atom stereocenters. The van der Waals surface area contributed by atoms with Crippen LogP contribution in [0.1, 0.15) is 5.56 Å². The van der Waals surface area contributed by atoms with Gasteiger partial charge >= 0.3 is 0 Å². The molecule has 3 N–H and O–H groups in total. The van der Waals surface area contributed by atoms with E-state index < -0.39 is 30.5 Å². The summed E-state index contributed by atoms with van der Waals surface area (Å²) < 4.78 is 33.6. The largest absolute Gasteiger partial charge is 0.507 e. The molecule has 14 heteroatoms. The predicted octanol–water partition coefficient (Wildman–Crippen LogP) is 3.46. The van der Waals surface area contributed by atoms with Crippen LogP contribution in [0.2, 0.25) is 0 Å². The van der Waals surface area contributed by atoms with Gasteiger partial charge in [-0.15, -0.1) is 0 Å². The molecule has 0 spiro atoms. The molecule has 176 valence electrons. The first-order valence-electron chi connectivity index (χ1n) is 9.33. The lowest BCUT2D eigenvalue weighted by Crippen LogP contribution is -2.15. The van der Waals surface area contributed by atoms with E-state index in [0.717, 1.165) is 42.6 Å². The second-order valence-corrected chi connectivity index (χ2v) is 8.26. The normalized spacial score (nSPS) is 11.2. The van der Waals surface area contributed by atoms with Gasteiger partial charge in [0.25, 0.3) is 21.4 Å². The summed E-state index contributed by atoms with van der Waals surface area (Å²) >= 11 is 0. The molecular weight excluding hydrogens is 470 g/mol. The summed E-state index contributed by atoms with van der Waals surface area (Å²) in [5.74, 6) is -0.0734. The standard InChI is InChI=1S/C20H17N5O8S/c1-33-19-5-3-2-4-16(19)23-34(31,32)20-11-15(25(29)30)6-8-17(20)22-21-12-13-10-14(24(27)28)7-9-18(13)26/h2-12,22-23,26H,1H3/b21-12+. The van der Waals surface area contributed by atoms with Crippen molar-refractivity contribution in [2.24, 2.45) is 5.10 Å². The fourth-order valence-electron chi connectivity index (χ4n) is 2.80. The van der Waals surface area contributed by atoms with E-state index in [-0.39, 0.29) is 34.1 Å². The van der Waals surface area contributed by atoms with Crippen LogP contribution >= 0.6 is 0 Å². The number of nitro groups is 2. The Morgan fingerprint density at radius 2 is 1.62 bits per heavy atom. The van der Waals surface area contributed by atoms with Crippen molar-refractivity contribution in [2.45, 2.75) is 4.90 Å². The molecule has 3 aromatic rings. The van der Waals surface area contributed by atoms with Crippen LogP contribution in [0.25, 0.3) is 0 Å². The monoisotopic (exact) mass is 487 g/mol. The number of phenols is 1. The molecule has 13 nitrogen and oxygen atoms in total. The number of hydrazone groups is 1. The van der Waals surface area contributed by atoms with Gasteiger partial charge < -0.3 is 9.84 Å². The summed E-state index contributed by atoms with van der Waals surface area (Å²) in [4.78, 5) is 20.2. The molecule has 3 aromatic carbocycles. The van der Waals surface area contributed by atoms with E-state index in [9.17, 15) is 33.8 Å². The number of rotatable bonds is 9. The molecule has 0 amide bonds. The predicted molar refractivity (Wildman–Crippen MR) is 123 cm³/mol. The summed E-state index contributed by atoms with van der Waals surface area (Å²) in [5, 5.41) is 35.8. The Balaban J connectivity index is 1.98. The quantitative estimate of drug-likeness (QED) is 0.231. The van der Waals surface area contributed by atoms with Gasteiger partial charge in [0.2, 0.25) is 0 Å². The molecule has 0 saturated carbocycles. The molecule has 0 bridgehead atoms. The molecule has 0 fully saturated rings. The second kappa shape index (κ2) is 9.83. The van der Waals surface area contributed by atoms with Crippen LogP contribution in [0.3, 0.4) is 0 Å². The zero-order valence-electron chi connectivity index (χ0n) is 17.4. The highest BCUT2D eigenvalue weighted by Crippen LogP contribution is 2.31. The Morgan fingerprint density at radius 1 is 0.971 bits per heavy atom. The van der Waals surface area contributed by atoms with Crippen molar-refractivity contribution in [3.05, 3.63) is 86.5 Å². The molecule has 0 aliphatic rings. The summed E-state index contributed by atoms with van der Waals surface area (Å²) in [6, 6.07) is 12.5. The van der Waals surface area contributed by atoms with Gasteiger partial charge in [-0.25, -0.2) is 8.42 Å². The van der Waals surface area contributed by atoms with Crippen LogP contribution in [0.15, 0.2) is 70.7 Å².